The molecule has 0 fully saturated rings. The van der Waals surface area contributed by atoms with Gasteiger partial charge in [0.2, 0.25) is 5.91 Å². The van der Waals surface area contributed by atoms with Crippen LogP contribution in [-0.2, 0) is 4.79 Å². The molecule has 4 heteroatoms. The van der Waals surface area contributed by atoms with Gasteiger partial charge in [0.15, 0.2) is 0 Å². The van der Waals surface area contributed by atoms with Crippen LogP contribution in [0.4, 0.5) is 0 Å². The highest BCUT2D eigenvalue weighted by atomic mass is 79.9. The molecule has 1 aromatic rings. The van der Waals surface area contributed by atoms with Crippen molar-refractivity contribution in [3.05, 3.63) is 40.4 Å². The van der Waals surface area contributed by atoms with Crippen molar-refractivity contribution in [2.24, 2.45) is 0 Å². The first kappa shape index (κ1) is 14.8. The quantitative estimate of drug-likeness (QED) is 0.876. The summed E-state index contributed by atoms with van der Waals surface area (Å²) in [5.41, 5.74) is 2.29. The third-order valence-electron chi connectivity index (χ3n) is 2.39. The van der Waals surface area contributed by atoms with E-state index in [0.717, 1.165) is 15.8 Å². The summed E-state index contributed by atoms with van der Waals surface area (Å²) in [5, 5.41) is 2.73. The molecule has 0 aliphatic carbocycles. The van der Waals surface area contributed by atoms with E-state index < -0.39 is 0 Å². The summed E-state index contributed by atoms with van der Waals surface area (Å²) < 4.78 is 6.33. The monoisotopic (exact) mass is 311 g/mol. The van der Waals surface area contributed by atoms with Crippen molar-refractivity contribution in [3.8, 4) is 5.75 Å². The molecule has 3 nitrogen and oxygen atoms in total. The van der Waals surface area contributed by atoms with Crippen molar-refractivity contribution < 1.29 is 9.53 Å². The molecular formula is C14H18BrNO2. The van der Waals surface area contributed by atoms with Crippen LogP contribution in [0.25, 0.3) is 0 Å². The Hall–Kier alpha value is -1.29. The Morgan fingerprint density at radius 3 is 2.78 bits per heavy atom. The lowest BCUT2D eigenvalue weighted by atomic mass is 10.1. The number of carbonyl (C=O) groups excluding carboxylic acids is 1. The number of ether oxygens (including phenoxy) is 1. The standard InChI is InChI=1S/C14H18BrNO2/c1-10-4-5-13(11(2)8-10)18-7-6-14(17)16-9-12(3)15/h4-5,8H,3,6-7,9H2,1-2H3,(H,16,17). The van der Waals surface area contributed by atoms with E-state index in [9.17, 15) is 4.79 Å². The van der Waals surface area contributed by atoms with Gasteiger partial charge in [0, 0.05) is 11.0 Å². The van der Waals surface area contributed by atoms with E-state index in [1.807, 2.05) is 26.0 Å². The molecule has 0 bridgehead atoms. The molecular weight excluding hydrogens is 294 g/mol. The number of aryl methyl sites for hydroxylation is 2. The molecule has 0 atom stereocenters. The van der Waals surface area contributed by atoms with Gasteiger partial charge in [0.1, 0.15) is 5.75 Å². The van der Waals surface area contributed by atoms with Gasteiger partial charge in [-0.05, 0) is 25.5 Å². The van der Waals surface area contributed by atoms with Gasteiger partial charge in [-0.2, -0.15) is 0 Å². The summed E-state index contributed by atoms with van der Waals surface area (Å²) in [6, 6.07) is 5.99. The first-order valence-electron chi connectivity index (χ1n) is 5.79. The fourth-order valence-corrected chi connectivity index (χ4v) is 1.64. The van der Waals surface area contributed by atoms with Gasteiger partial charge in [-0.25, -0.2) is 0 Å². The Balaban J connectivity index is 2.33. The van der Waals surface area contributed by atoms with Crippen LogP contribution in [0.3, 0.4) is 0 Å². The summed E-state index contributed by atoms with van der Waals surface area (Å²) in [5.74, 6) is 0.790. The number of nitrogens with one attached hydrogen (secondary N) is 1. The van der Waals surface area contributed by atoms with Crippen LogP contribution >= 0.6 is 15.9 Å². The summed E-state index contributed by atoms with van der Waals surface area (Å²) in [4.78, 5) is 11.4. The van der Waals surface area contributed by atoms with Crippen LogP contribution in [0.5, 0.6) is 5.75 Å². The molecule has 98 valence electrons. The van der Waals surface area contributed by atoms with Gasteiger partial charge in [-0.15, -0.1) is 0 Å². The van der Waals surface area contributed by atoms with Crippen molar-refractivity contribution in [3.63, 3.8) is 0 Å². The molecule has 18 heavy (non-hydrogen) atoms. The van der Waals surface area contributed by atoms with E-state index in [0.29, 0.717) is 19.6 Å². The number of hydrogen-bond acceptors (Lipinski definition) is 2. The highest BCUT2D eigenvalue weighted by molar-refractivity contribution is 9.11. The van der Waals surface area contributed by atoms with Crippen LogP contribution < -0.4 is 10.1 Å². The van der Waals surface area contributed by atoms with Crippen LogP contribution in [0.2, 0.25) is 0 Å². The molecule has 0 spiro atoms. The van der Waals surface area contributed by atoms with E-state index >= 15 is 0 Å². The van der Waals surface area contributed by atoms with Crippen molar-refractivity contribution in [1.29, 1.82) is 0 Å². The first-order valence-corrected chi connectivity index (χ1v) is 6.58. The predicted molar refractivity (Wildman–Crippen MR) is 77.1 cm³/mol. The molecule has 1 rings (SSSR count). The molecule has 0 aliphatic heterocycles. The summed E-state index contributed by atoms with van der Waals surface area (Å²) in [7, 11) is 0. The van der Waals surface area contributed by atoms with Gasteiger partial charge in [-0.3, -0.25) is 4.79 Å². The van der Waals surface area contributed by atoms with E-state index in [1.54, 1.807) is 0 Å². The molecule has 0 aliphatic rings. The minimum atomic E-state index is -0.0413. The molecule has 1 N–H and O–H groups in total. The number of benzene rings is 1. The molecule has 0 radical (unpaired) electrons. The Kier molecular flexibility index (Phi) is 5.92. The largest absolute Gasteiger partial charge is 0.493 e. The van der Waals surface area contributed by atoms with Gasteiger partial charge >= 0.3 is 0 Å². The van der Waals surface area contributed by atoms with Crippen LogP contribution in [0.15, 0.2) is 29.3 Å². The third-order valence-corrected chi connectivity index (χ3v) is 2.67. The predicted octanol–water partition coefficient (Wildman–Crippen LogP) is 3.10. The zero-order chi connectivity index (χ0) is 13.5. The maximum absolute atomic E-state index is 11.4. The Morgan fingerprint density at radius 2 is 2.17 bits per heavy atom. The molecule has 0 unspecified atom stereocenters. The highest BCUT2D eigenvalue weighted by Crippen LogP contribution is 2.18. The lowest BCUT2D eigenvalue weighted by molar-refractivity contribution is -0.121. The Labute approximate surface area is 116 Å². The van der Waals surface area contributed by atoms with E-state index in [2.05, 4.69) is 33.9 Å². The smallest absolute Gasteiger partial charge is 0.223 e. The van der Waals surface area contributed by atoms with Gasteiger partial charge in [0.05, 0.1) is 13.0 Å². The van der Waals surface area contributed by atoms with E-state index in [4.69, 9.17) is 4.74 Å². The maximum Gasteiger partial charge on any atom is 0.223 e. The van der Waals surface area contributed by atoms with Gasteiger partial charge < -0.3 is 10.1 Å². The third kappa shape index (κ3) is 5.36. The fraction of sp³-hybridized carbons (Fsp3) is 0.357. The van der Waals surface area contributed by atoms with Crippen molar-refractivity contribution in [2.45, 2.75) is 20.3 Å². The van der Waals surface area contributed by atoms with Gasteiger partial charge in [-0.1, -0.05) is 40.2 Å². The fourth-order valence-electron chi connectivity index (χ4n) is 1.50. The second-order valence-corrected chi connectivity index (χ2v) is 5.28. The zero-order valence-corrected chi connectivity index (χ0v) is 12.3. The minimum Gasteiger partial charge on any atom is -0.493 e. The summed E-state index contributed by atoms with van der Waals surface area (Å²) in [6.45, 7) is 8.51. The lowest BCUT2D eigenvalue weighted by Gasteiger charge is -2.09. The number of carbonyl (C=O) groups is 1. The lowest BCUT2D eigenvalue weighted by Crippen LogP contribution is -2.25. The normalized spacial score (nSPS) is 9.94. The van der Waals surface area contributed by atoms with E-state index in [1.165, 1.54) is 5.56 Å². The number of hydrogen-bond donors (Lipinski definition) is 1. The zero-order valence-electron chi connectivity index (χ0n) is 10.8. The average Bonchev–Trinajstić information content (AvgIpc) is 2.29. The van der Waals surface area contributed by atoms with Crippen LogP contribution in [0, 0.1) is 13.8 Å². The topological polar surface area (TPSA) is 38.3 Å². The van der Waals surface area contributed by atoms with E-state index in [-0.39, 0.29) is 5.91 Å². The van der Waals surface area contributed by atoms with Crippen LogP contribution in [-0.4, -0.2) is 19.1 Å². The number of rotatable bonds is 6. The van der Waals surface area contributed by atoms with Crippen LogP contribution in [0.1, 0.15) is 17.5 Å². The SMILES string of the molecule is C=C(Br)CNC(=O)CCOc1ccc(C)cc1C. The van der Waals surface area contributed by atoms with Crippen molar-refractivity contribution >= 4 is 21.8 Å². The molecule has 1 amide bonds. The highest BCUT2D eigenvalue weighted by Gasteiger charge is 2.03. The number of halogens is 1. The van der Waals surface area contributed by atoms with Crippen molar-refractivity contribution in [2.75, 3.05) is 13.2 Å². The molecule has 0 saturated carbocycles. The first-order chi connectivity index (χ1) is 8.49. The second-order valence-electron chi connectivity index (χ2n) is 4.16. The average molecular weight is 312 g/mol. The number of amides is 1. The summed E-state index contributed by atoms with van der Waals surface area (Å²) >= 11 is 3.18. The molecule has 1 aromatic carbocycles. The maximum atomic E-state index is 11.4. The molecule has 0 saturated heterocycles. The second kappa shape index (κ2) is 7.21. The van der Waals surface area contributed by atoms with Crippen molar-refractivity contribution in [1.82, 2.24) is 5.32 Å². The van der Waals surface area contributed by atoms with Gasteiger partial charge in [0.25, 0.3) is 0 Å². The minimum absolute atomic E-state index is 0.0413. The Bertz CT molecular complexity index is 443. The summed E-state index contributed by atoms with van der Waals surface area (Å²) in [6.07, 6.45) is 0.341. The Morgan fingerprint density at radius 1 is 1.44 bits per heavy atom. The molecule has 0 aromatic heterocycles. The molecule has 0 heterocycles.